The zero-order valence-corrected chi connectivity index (χ0v) is 10.0. The molecule has 1 atom stereocenters. The van der Waals surface area contributed by atoms with Crippen molar-refractivity contribution in [1.29, 1.82) is 0 Å². The van der Waals surface area contributed by atoms with Crippen LogP contribution in [0.5, 0.6) is 0 Å². The van der Waals surface area contributed by atoms with Crippen molar-refractivity contribution in [2.24, 2.45) is 0 Å². The first-order chi connectivity index (χ1) is 4.98. The summed E-state index contributed by atoms with van der Waals surface area (Å²) >= 11 is 17.4. The van der Waals surface area contributed by atoms with E-state index in [2.05, 4.69) is 6.08 Å². The van der Waals surface area contributed by atoms with Crippen LogP contribution in [0.4, 0.5) is 0 Å². The van der Waals surface area contributed by atoms with Gasteiger partial charge in [-0.05, 0) is 25.3 Å². The second kappa shape index (κ2) is 5.47. The average Bonchev–Trinajstić information content (AvgIpc) is 1.86. The van der Waals surface area contributed by atoms with Gasteiger partial charge in [-0.2, -0.15) is 0 Å². The summed E-state index contributed by atoms with van der Waals surface area (Å²) in [6.07, 6.45) is 6.11. The van der Waals surface area contributed by atoms with Crippen LogP contribution in [-0.2, 0) is 0 Å². The van der Waals surface area contributed by atoms with Gasteiger partial charge in [0, 0.05) is 0 Å². The van der Waals surface area contributed by atoms with Crippen LogP contribution >= 0.6 is 33.2 Å². The lowest BCUT2D eigenvalue weighted by atomic mass is 10.2. The predicted octanol–water partition coefficient (Wildman–Crippen LogP) is 4.39. The molecule has 66 valence electrons. The molecule has 1 unspecified atom stereocenters. The summed E-state index contributed by atoms with van der Waals surface area (Å²) in [6.45, 7) is 4.00. The molecule has 0 nitrogen and oxygen atoms in total. The van der Waals surface area contributed by atoms with E-state index in [4.69, 9.17) is 33.2 Å². The third kappa shape index (κ3) is 6.03. The first kappa shape index (κ1) is 11.8. The summed E-state index contributed by atoms with van der Waals surface area (Å²) in [5.74, 6) is 0. The fourth-order valence-electron chi connectivity index (χ4n) is 0.677. The van der Waals surface area contributed by atoms with Gasteiger partial charge >= 0.3 is 6.00 Å². The largest absolute Gasteiger partial charge is 0.344 e. The van der Waals surface area contributed by atoms with Crippen LogP contribution in [0.2, 0.25) is 5.54 Å². The normalized spacial score (nSPS) is 15.7. The maximum Gasteiger partial charge on any atom is 0.344 e. The lowest BCUT2D eigenvalue weighted by molar-refractivity contribution is 0.802. The average molecular weight is 232 g/mol. The van der Waals surface area contributed by atoms with Gasteiger partial charge in [0.25, 0.3) is 0 Å². The fraction of sp³-hybridized carbons (Fsp3) is 0.714. The van der Waals surface area contributed by atoms with Gasteiger partial charge in [0.1, 0.15) is 0 Å². The van der Waals surface area contributed by atoms with Gasteiger partial charge in [-0.3, -0.25) is 0 Å². The van der Waals surface area contributed by atoms with Crippen LogP contribution in [0.1, 0.15) is 26.7 Å². The molecular formula is C7H13Cl3Si. The molecule has 0 fully saturated rings. The van der Waals surface area contributed by atoms with Crippen molar-refractivity contribution in [3.05, 3.63) is 12.2 Å². The highest BCUT2D eigenvalue weighted by atomic mass is 35.8. The first-order valence-corrected chi connectivity index (χ1v) is 8.77. The van der Waals surface area contributed by atoms with Crippen LogP contribution in [0.3, 0.4) is 0 Å². The molecule has 0 radical (unpaired) electrons. The van der Waals surface area contributed by atoms with Gasteiger partial charge in [-0.1, -0.05) is 19.1 Å². The summed E-state index contributed by atoms with van der Waals surface area (Å²) in [4.78, 5) is 0. The summed E-state index contributed by atoms with van der Waals surface area (Å²) in [5, 5.41) is 0. The van der Waals surface area contributed by atoms with E-state index in [1.54, 1.807) is 0 Å². The van der Waals surface area contributed by atoms with Crippen LogP contribution in [0.15, 0.2) is 12.2 Å². The maximum atomic E-state index is 5.81. The molecule has 0 aliphatic carbocycles. The Hall–Kier alpha value is 0.827. The van der Waals surface area contributed by atoms with Gasteiger partial charge in [0.15, 0.2) is 0 Å². The standard InChI is InChI=1S/C7H13Cl3Si/c1-3-4-5-6-7(2)11(8,9)10/h3-4,7H,5-6H2,1-2H3/b4-3+. The van der Waals surface area contributed by atoms with E-state index in [-0.39, 0.29) is 5.54 Å². The molecule has 0 heterocycles. The molecule has 0 bridgehead atoms. The number of rotatable bonds is 4. The van der Waals surface area contributed by atoms with E-state index in [1.165, 1.54) is 0 Å². The van der Waals surface area contributed by atoms with Gasteiger partial charge in [-0.15, -0.1) is 33.2 Å². The molecule has 0 rings (SSSR count). The summed E-state index contributed by atoms with van der Waals surface area (Å²) in [6, 6.07) is -2.43. The monoisotopic (exact) mass is 230 g/mol. The Morgan fingerprint density at radius 1 is 1.36 bits per heavy atom. The maximum absolute atomic E-state index is 5.81. The molecule has 0 aromatic rings. The third-order valence-electron chi connectivity index (χ3n) is 1.56. The Balaban J connectivity index is 3.61. The van der Waals surface area contributed by atoms with Gasteiger partial charge in [-0.25, -0.2) is 0 Å². The molecule has 0 amide bonds. The molecule has 0 spiro atoms. The summed E-state index contributed by atoms with van der Waals surface area (Å²) in [7, 11) is 0. The van der Waals surface area contributed by atoms with E-state index in [1.807, 2.05) is 19.9 Å². The van der Waals surface area contributed by atoms with Crippen molar-refractivity contribution in [1.82, 2.24) is 0 Å². The van der Waals surface area contributed by atoms with E-state index in [9.17, 15) is 0 Å². The van der Waals surface area contributed by atoms with Crippen molar-refractivity contribution in [2.75, 3.05) is 0 Å². The Morgan fingerprint density at radius 2 is 1.91 bits per heavy atom. The zero-order valence-electron chi connectivity index (χ0n) is 6.78. The molecule has 4 heteroatoms. The van der Waals surface area contributed by atoms with Gasteiger partial charge < -0.3 is 0 Å². The minimum absolute atomic E-state index is 0.253. The first-order valence-electron chi connectivity index (χ1n) is 3.66. The lowest BCUT2D eigenvalue weighted by Gasteiger charge is -2.15. The highest BCUT2D eigenvalue weighted by Crippen LogP contribution is 2.36. The molecule has 11 heavy (non-hydrogen) atoms. The molecule has 0 saturated carbocycles. The molecular weight excluding hydrogens is 219 g/mol. The summed E-state index contributed by atoms with van der Waals surface area (Å²) in [5.41, 5.74) is 0.253. The lowest BCUT2D eigenvalue weighted by Crippen LogP contribution is -2.16. The van der Waals surface area contributed by atoms with E-state index in [0.29, 0.717) is 0 Å². The van der Waals surface area contributed by atoms with Gasteiger partial charge in [0.05, 0.1) is 0 Å². The Labute approximate surface area is 83.6 Å². The molecule has 0 N–H and O–H groups in total. The van der Waals surface area contributed by atoms with Crippen molar-refractivity contribution in [3.63, 3.8) is 0 Å². The smallest absolute Gasteiger partial charge is 0.126 e. The Kier molecular flexibility index (Phi) is 5.88. The minimum atomic E-state index is -2.43. The van der Waals surface area contributed by atoms with Crippen LogP contribution in [-0.4, -0.2) is 6.00 Å². The quantitative estimate of drug-likeness (QED) is 0.382. The SMILES string of the molecule is C/C=C/CCC(C)[Si](Cl)(Cl)Cl. The molecule has 0 aliphatic rings. The fourth-order valence-corrected chi connectivity index (χ4v) is 2.15. The van der Waals surface area contributed by atoms with Gasteiger partial charge in [0.2, 0.25) is 0 Å². The van der Waals surface area contributed by atoms with Crippen LogP contribution < -0.4 is 0 Å². The van der Waals surface area contributed by atoms with E-state index >= 15 is 0 Å². The third-order valence-corrected chi connectivity index (χ3v) is 6.32. The molecule has 0 aromatic heterocycles. The van der Waals surface area contributed by atoms with Crippen LogP contribution in [0.25, 0.3) is 0 Å². The predicted molar refractivity (Wildman–Crippen MR) is 56.8 cm³/mol. The number of halogens is 3. The van der Waals surface area contributed by atoms with Crippen molar-refractivity contribution in [2.45, 2.75) is 32.2 Å². The molecule has 0 aliphatic heterocycles. The number of hydrogen-bond donors (Lipinski definition) is 0. The van der Waals surface area contributed by atoms with Crippen LogP contribution in [0, 0.1) is 0 Å². The van der Waals surface area contributed by atoms with E-state index < -0.39 is 6.00 Å². The highest BCUT2D eigenvalue weighted by Gasteiger charge is 2.32. The Bertz CT molecular complexity index is 128. The highest BCUT2D eigenvalue weighted by molar-refractivity contribution is 7.65. The molecule has 0 aromatic carbocycles. The zero-order chi connectivity index (χ0) is 8.91. The second-order valence-electron chi connectivity index (χ2n) is 2.59. The minimum Gasteiger partial charge on any atom is -0.126 e. The molecule has 0 saturated heterocycles. The van der Waals surface area contributed by atoms with Crippen molar-refractivity contribution in [3.8, 4) is 0 Å². The second-order valence-corrected chi connectivity index (χ2v) is 11.8. The topological polar surface area (TPSA) is 0 Å². The number of hydrogen-bond acceptors (Lipinski definition) is 0. The van der Waals surface area contributed by atoms with Crippen molar-refractivity contribution >= 4 is 39.2 Å². The number of allylic oxidation sites excluding steroid dienone is 2. The summed E-state index contributed by atoms with van der Waals surface area (Å²) < 4.78 is 0. The Morgan fingerprint density at radius 3 is 2.27 bits per heavy atom. The van der Waals surface area contributed by atoms with Crippen molar-refractivity contribution < 1.29 is 0 Å². The van der Waals surface area contributed by atoms with E-state index in [0.717, 1.165) is 12.8 Å².